The van der Waals surface area contributed by atoms with Crippen LogP contribution in [0.2, 0.25) is 0 Å². The first kappa shape index (κ1) is 24.6. The highest BCUT2D eigenvalue weighted by molar-refractivity contribution is 5.39. The van der Waals surface area contributed by atoms with Gasteiger partial charge in [0.1, 0.15) is 0 Å². The van der Waals surface area contributed by atoms with E-state index in [1.54, 1.807) is 5.57 Å². The smallest absolute Gasteiger partial charge is 0.0622 e. The van der Waals surface area contributed by atoms with Crippen molar-refractivity contribution in [1.82, 2.24) is 0 Å². The molecule has 0 amide bonds. The van der Waals surface area contributed by atoms with Gasteiger partial charge < -0.3 is 0 Å². The topological polar surface area (TPSA) is 23.8 Å². The molecule has 3 aliphatic rings. The van der Waals surface area contributed by atoms with Gasteiger partial charge in [-0.3, -0.25) is 0 Å². The Bertz CT molecular complexity index is 751. The van der Waals surface area contributed by atoms with Crippen molar-refractivity contribution in [3.63, 3.8) is 0 Å². The highest BCUT2D eigenvalue weighted by atomic mass is 14.6. The summed E-state index contributed by atoms with van der Waals surface area (Å²) in [5, 5.41) is 9.39. The predicted octanol–water partition coefficient (Wildman–Crippen LogP) is 9.26. The molecule has 0 heterocycles. The van der Waals surface area contributed by atoms with Crippen LogP contribution in [0.3, 0.4) is 0 Å². The number of hydrogen-bond acceptors (Lipinski definition) is 1. The molecule has 0 aliphatic heterocycles. The molecule has 3 rings (SSSR count). The van der Waals surface area contributed by atoms with Crippen LogP contribution in [-0.2, 0) is 0 Å². The van der Waals surface area contributed by atoms with Crippen molar-refractivity contribution in [2.24, 2.45) is 39.9 Å². The molecular formula is C30H49N. The number of fused-ring (bicyclic) bond motifs is 2. The van der Waals surface area contributed by atoms with Crippen molar-refractivity contribution in [3.05, 3.63) is 23.3 Å². The van der Waals surface area contributed by atoms with Crippen molar-refractivity contribution in [1.29, 1.82) is 5.26 Å². The van der Waals surface area contributed by atoms with E-state index >= 15 is 0 Å². The Labute approximate surface area is 193 Å². The standard InChI is InChI=1S/C30H49N/c1-21(2)11-9-12-23(5)25-15-18-30(8)27-14-13-24(22(3)4)28(6,17-10-20-31)26(27)16-19-29(25,30)7/h21,23-25H,3,9-19H2,1-2,4-8H3. The van der Waals surface area contributed by atoms with E-state index in [2.05, 4.69) is 61.1 Å². The Hall–Kier alpha value is -1.03. The highest BCUT2D eigenvalue weighted by Gasteiger charge is 2.61. The number of nitriles is 1. The van der Waals surface area contributed by atoms with E-state index in [1.165, 1.54) is 63.4 Å². The molecule has 0 aromatic carbocycles. The van der Waals surface area contributed by atoms with Gasteiger partial charge in [0, 0.05) is 6.42 Å². The van der Waals surface area contributed by atoms with E-state index in [9.17, 15) is 5.26 Å². The molecule has 174 valence electrons. The Balaban J connectivity index is 1.92. The van der Waals surface area contributed by atoms with Crippen LogP contribution < -0.4 is 0 Å². The van der Waals surface area contributed by atoms with Gasteiger partial charge in [0.05, 0.1) is 6.07 Å². The summed E-state index contributed by atoms with van der Waals surface area (Å²) < 4.78 is 0. The summed E-state index contributed by atoms with van der Waals surface area (Å²) >= 11 is 0. The van der Waals surface area contributed by atoms with Gasteiger partial charge in [0.15, 0.2) is 0 Å². The summed E-state index contributed by atoms with van der Waals surface area (Å²) in [4.78, 5) is 0. The van der Waals surface area contributed by atoms with Crippen LogP contribution in [0.4, 0.5) is 0 Å². The molecule has 0 saturated heterocycles. The normalized spacial score (nSPS) is 38.5. The van der Waals surface area contributed by atoms with E-state index < -0.39 is 0 Å². The third kappa shape index (κ3) is 4.07. The van der Waals surface area contributed by atoms with Crippen molar-refractivity contribution in [2.75, 3.05) is 0 Å². The molecule has 1 saturated carbocycles. The fourth-order valence-corrected chi connectivity index (χ4v) is 8.55. The van der Waals surface area contributed by atoms with E-state index in [-0.39, 0.29) is 5.41 Å². The summed E-state index contributed by atoms with van der Waals surface area (Å²) in [5.74, 6) is 3.07. The largest absolute Gasteiger partial charge is 0.198 e. The SMILES string of the molecule is C=C(C)C1CCC2=C(CCC3(C)C(C(C)CCCC(C)C)CCC23C)C1(C)CCC#N. The number of hydrogen-bond donors (Lipinski definition) is 0. The van der Waals surface area contributed by atoms with Crippen molar-refractivity contribution in [2.45, 2.75) is 119 Å². The first-order valence-electron chi connectivity index (χ1n) is 13.3. The minimum Gasteiger partial charge on any atom is -0.198 e. The molecule has 6 unspecified atom stereocenters. The monoisotopic (exact) mass is 423 g/mol. The van der Waals surface area contributed by atoms with Crippen LogP contribution in [0.1, 0.15) is 119 Å². The van der Waals surface area contributed by atoms with E-state index in [4.69, 9.17) is 0 Å². The molecule has 1 heteroatoms. The lowest BCUT2D eigenvalue weighted by molar-refractivity contribution is 0.0276. The molecule has 3 aliphatic carbocycles. The molecule has 0 aromatic heterocycles. The van der Waals surface area contributed by atoms with E-state index in [1.807, 2.05) is 5.57 Å². The molecule has 6 atom stereocenters. The van der Waals surface area contributed by atoms with Crippen LogP contribution in [0.25, 0.3) is 0 Å². The third-order valence-electron chi connectivity index (χ3n) is 10.6. The molecular weight excluding hydrogens is 374 g/mol. The first-order valence-corrected chi connectivity index (χ1v) is 13.3. The molecule has 0 radical (unpaired) electrons. The molecule has 1 nitrogen and oxygen atoms in total. The third-order valence-corrected chi connectivity index (χ3v) is 10.6. The van der Waals surface area contributed by atoms with Crippen LogP contribution in [0.5, 0.6) is 0 Å². The van der Waals surface area contributed by atoms with Gasteiger partial charge in [-0.25, -0.2) is 0 Å². The molecule has 0 aromatic rings. The fraction of sp³-hybridized carbons (Fsp3) is 0.833. The lowest BCUT2D eigenvalue weighted by atomic mass is 9.47. The Morgan fingerprint density at radius 2 is 1.77 bits per heavy atom. The van der Waals surface area contributed by atoms with Crippen LogP contribution in [0, 0.1) is 51.2 Å². The van der Waals surface area contributed by atoms with Gasteiger partial charge in [0.2, 0.25) is 0 Å². The highest BCUT2D eigenvalue weighted by Crippen LogP contribution is 2.71. The average molecular weight is 424 g/mol. The zero-order chi connectivity index (χ0) is 23.0. The maximum absolute atomic E-state index is 9.39. The molecule has 0 N–H and O–H groups in total. The van der Waals surface area contributed by atoms with E-state index in [0.29, 0.717) is 23.2 Å². The fourth-order valence-electron chi connectivity index (χ4n) is 8.55. The van der Waals surface area contributed by atoms with Gasteiger partial charge >= 0.3 is 0 Å². The first-order chi connectivity index (χ1) is 14.5. The van der Waals surface area contributed by atoms with Gasteiger partial charge in [-0.05, 0) is 91.8 Å². The second-order valence-electron chi connectivity index (χ2n) is 12.7. The Kier molecular flexibility index (Phi) is 7.21. The summed E-state index contributed by atoms with van der Waals surface area (Å²) in [5.41, 5.74) is 5.82. The van der Waals surface area contributed by atoms with Crippen molar-refractivity contribution in [3.8, 4) is 6.07 Å². The predicted molar refractivity (Wildman–Crippen MR) is 134 cm³/mol. The van der Waals surface area contributed by atoms with Gasteiger partial charge in [-0.1, -0.05) is 84.1 Å². The number of nitrogens with zero attached hydrogens (tertiary/aromatic N) is 1. The lowest BCUT2D eigenvalue weighted by Crippen LogP contribution is -2.48. The zero-order valence-electron chi connectivity index (χ0n) is 21.7. The molecule has 0 bridgehead atoms. The summed E-state index contributed by atoms with van der Waals surface area (Å²) in [6.07, 6.45) is 13.7. The summed E-state index contributed by atoms with van der Waals surface area (Å²) in [6, 6.07) is 2.46. The Morgan fingerprint density at radius 3 is 2.39 bits per heavy atom. The van der Waals surface area contributed by atoms with Crippen LogP contribution in [0.15, 0.2) is 23.3 Å². The van der Waals surface area contributed by atoms with Crippen molar-refractivity contribution >= 4 is 0 Å². The molecule has 1 fully saturated rings. The van der Waals surface area contributed by atoms with Crippen LogP contribution in [-0.4, -0.2) is 0 Å². The maximum atomic E-state index is 9.39. The number of rotatable bonds is 8. The molecule has 0 spiro atoms. The van der Waals surface area contributed by atoms with Crippen molar-refractivity contribution < 1.29 is 0 Å². The molecule has 31 heavy (non-hydrogen) atoms. The lowest BCUT2D eigenvalue weighted by Gasteiger charge is -2.57. The van der Waals surface area contributed by atoms with E-state index in [0.717, 1.165) is 24.2 Å². The summed E-state index contributed by atoms with van der Waals surface area (Å²) in [6.45, 7) is 21.7. The maximum Gasteiger partial charge on any atom is 0.0622 e. The van der Waals surface area contributed by atoms with Gasteiger partial charge in [-0.2, -0.15) is 5.26 Å². The zero-order valence-corrected chi connectivity index (χ0v) is 21.7. The Morgan fingerprint density at radius 1 is 1.06 bits per heavy atom. The van der Waals surface area contributed by atoms with Crippen LogP contribution >= 0.6 is 0 Å². The second kappa shape index (κ2) is 9.08. The average Bonchev–Trinajstić information content (AvgIpc) is 2.97. The summed E-state index contributed by atoms with van der Waals surface area (Å²) in [7, 11) is 0. The van der Waals surface area contributed by atoms with Gasteiger partial charge in [-0.15, -0.1) is 0 Å². The quantitative estimate of drug-likeness (QED) is 0.357. The number of allylic oxidation sites excluding steroid dienone is 3. The minimum absolute atomic E-state index is 0.139. The van der Waals surface area contributed by atoms with Gasteiger partial charge in [0.25, 0.3) is 0 Å². The second-order valence-corrected chi connectivity index (χ2v) is 12.7. The minimum atomic E-state index is 0.139.